The average Bonchev–Trinajstić information content (AvgIpc) is 3.47. The van der Waals surface area contributed by atoms with Gasteiger partial charge < -0.3 is 22.2 Å². The number of imidazole rings is 1. The van der Waals surface area contributed by atoms with Crippen LogP contribution in [0.15, 0.2) is 47.6 Å². The van der Waals surface area contributed by atoms with Crippen molar-refractivity contribution in [2.24, 2.45) is 17.4 Å². The fourth-order valence-electron chi connectivity index (χ4n) is 4.98. The Labute approximate surface area is 188 Å². The summed E-state index contributed by atoms with van der Waals surface area (Å²) in [6, 6.07) is 7.14. The number of fused-ring (bicyclic) bond motifs is 1. The summed E-state index contributed by atoms with van der Waals surface area (Å²) in [6.07, 6.45) is 11.3. The lowest BCUT2D eigenvalue weighted by atomic mass is 9.78. The van der Waals surface area contributed by atoms with E-state index in [4.69, 9.17) is 11.5 Å². The molecule has 9 nitrogen and oxygen atoms in total. The maximum atomic E-state index is 12.8. The number of aromatic nitrogens is 2. The first-order chi connectivity index (χ1) is 15.3. The summed E-state index contributed by atoms with van der Waals surface area (Å²) in [5.74, 6) is 0.981. The molecular weight excluding hydrogens is 426 g/mol. The highest BCUT2D eigenvalue weighted by atomic mass is 32.2. The Bertz CT molecular complexity index is 1100. The van der Waals surface area contributed by atoms with Crippen molar-refractivity contribution in [1.82, 2.24) is 14.0 Å². The van der Waals surface area contributed by atoms with Crippen molar-refractivity contribution in [3.8, 4) is 0 Å². The van der Waals surface area contributed by atoms with Gasteiger partial charge in [-0.25, -0.2) is 18.1 Å². The lowest BCUT2D eigenvalue weighted by Gasteiger charge is -2.42. The summed E-state index contributed by atoms with van der Waals surface area (Å²) in [4.78, 5) is 4.77. The third kappa shape index (κ3) is 3.92. The van der Waals surface area contributed by atoms with Crippen LogP contribution in [0.25, 0.3) is 5.70 Å². The highest BCUT2D eigenvalue weighted by molar-refractivity contribution is 7.89. The first-order valence-electron chi connectivity index (χ1n) is 11.3. The minimum atomic E-state index is -3.43. The minimum Gasteiger partial charge on any atom is -0.353 e. The largest absolute Gasteiger partial charge is 0.353 e. The van der Waals surface area contributed by atoms with Gasteiger partial charge in [0.15, 0.2) is 5.82 Å². The van der Waals surface area contributed by atoms with Crippen LogP contribution in [0.3, 0.4) is 0 Å². The number of hydrogen-bond acceptors (Lipinski definition) is 7. The van der Waals surface area contributed by atoms with Crippen LogP contribution in [0, 0.1) is 5.92 Å². The van der Waals surface area contributed by atoms with Crippen molar-refractivity contribution >= 4 is 21.4 Å². The summed E-state index contributed by atoms with van der Waals surface area (Å²) in [5, 5.41) is 3.40. The van der Waals surface area contributed by atoms with E-state index < -0.39 is 15.7 Å². The SMILES string of the molecule is NC1CCC(C2(N)C=C(Nc3ccc(S(=O)(=O)N4CCCC4)cc3)c3nccn3N2)CC1. The zero-order valence-corrected chi connectivity index (χ0v) is 18.9. The molecule has 0 bridgehead atoms. The fourth-order valence-corrected chi connectivity index (χ4v) is 6.50. The first-order valence-corrected chi connectivity index (χ1v) is 12.8. The molecule has 2 aromatic rings. The zero-order valence-electron chi connectivity index (χ0n) is 18.1. The molecule has 1 saturated heterocycles. The average molecular weight is 458 g/mol. The molecule has 3 heterocycles. The van der Waals surface area contributed by atoms with Crippen LogP contribution in [0.5, 0.6) is 0 Å². The Hall–Kier alpha value is -2.40. The van der Waals surface area contributed by atoms with E-state index in [-0.39, 0.29) is 12.0 Å². The van der Waals surface area contributed by atoms with Gasteiger partial charge in [0, 0.05) is 43.1 Å². The monoisotopic (exact) mass is 457 g/mol. The zero-order chi connectivity index (χ0) is 22.3. The van der Waals surface area contributed by atoms with Crippen molar-refractivity contribution in [2.75, 3.05) is 23.8 Å². The number of sulfonamides is 1. The second-order valence-electron chi connectivity index (χ2n) is 9.10. The van der Waals surface area contributed by atoms with Gasteiger partial charge in [0.05, 0.1) is 10.6 Å². The van der Waals surface area contributed by atoms with Crippen molar-refractivity contribution in [1.29, 1.82) is 0 Å². The van der Waals surface area contributed by atoms with Crippen molar-refractivity contribution in [3.05, 3.63) is 48.6 Å². The summed E-state index contributed by atoms with van der Waals surface area (Å²) < 4.78 is 29.0. The van der Waals surface area contributed by atoms with Gasteiger partial charge in [-0.15, -0.1) is 0 Å². The predicted molar refractivity (Wildman–Crippen MR) is 124 cm³/mol. The number of nitrogens with one attached hydrogen (secondary N) is 2. The van der Waals surface area contributed by atoms with E-state index in [2.05, 4.69) is 15.7 Å². The van der Waals surface area contributed by atoms with E-state index in [1.807, 2.05) is 16.9 Å². The van der Waals surface area contributed by atoms with E-state index in [1.54, 1.807) is 34.8 Å². The molecule has 5 rings (SSSR count). The van der Waals surface area contributed by atoms with E-state index in [0.717, 1.165) is 55.7 Å². The lowest BCUT2D eigenvalue weighted by Crippen LogP contribution is -2.58. The van der Waals surface area contributed by atoms with Gasteiger partial charge in [-0.1, -0.05) is 0 Å². The molecule has 0 radical (unpaired) electrons. The van der Waals surface area contributed by atoms with Gasteiger partial charge in [0.1, 0.15) is 5.66 Å². The Morgan fingerprint density at radius 3 is 2.47 bits per heavy atom. The van der Waals surface area contributed by atoms with E-state index >= 15 is 0 Å². The van der Waals surface area contributed by atoms with Gasteiger partial charge in [-0.3, -0.25) is 0 Å². The maximum absolute atomic E-state index is 12.8. The molecule has 1 aromatic heterocycles. The standard InChI is InChI=1S/C22H31N7O2S/c23-17-5-3-16(4-6-17)22(24)15-20(21-25-11-14-29(21)27-22)26-18-7-9-19(10-8-18)32(30,31)28-12-1-2-13-28/h7-11,14-17,26-27H,1-6,12-13,23-24H2. The number of nitrogens with two attached hydrogens (primary N) is 2. The topological polar surface area (TPSA) is 131 Å². The van der Waals surface area contributed by atoms with Gasteiger partial charge in [-0.2, -0.15) is 4.31 Å². The molecule has 32 heavy (non-hydrogen) atoms. The fraction of sp³-hybridized carbons (Fsp3) is 0.500. The van der Waals surface area contributed by atoms with E-state index in [1.165, 1.54) is 0 Å². The number of anilines is 1. The lowest BCUT2D eigenvalue weighted by molar-refractivity contribution is 0.239. The van der Waals surface area contributed by atoms with Crippen LogP contribution < -0.4 is 22.2 Å². The van der Waals surface area contributed by atoms with Crippen molar-refractivity contribution in [2.45, 2.75) is 55.1 Å². The second kappa shape index (κ2) is 8.18. The van der Waals surface area contributed by atoms with Crippen LogP contribution in [0.2, 0.25) is 0 Å². The molecule has 1 atom stereocenters. The molecule has 0 spiro atoms. The summed E-state index contributed by atoms with van der Waals surface area (Å²) in [6.45, 7) is 1.19. The van der Waals surface area contributed by atoms with Gasteiger partial charge in [-0.05, 0) is 68.9 Å². The predicted octanol–water partition coefficient (Wildman–Crippen LogP) is 1.85. The van der Waals surface area contributed by atoms with Gasteiger partial charge in [0.25, 0.3) is 0 Å². The molecule has 1 aromatic carbocycles. The second-order valence-corrected chi connectivity index (χ2v) is 11.0. The Morgan fingerprint density at radius 2 is 1.78 bits per heavy atom. The highest BCUT2D eigenvalue weighted by Gasteiger charge is 2.39. The summed E-state index contributed by atoms with van der Waals surface area (Å²) in [7, 11) is -3.43. The van der Waals surface area contributed by atoms with Gasteiger partial charge >= 0.3 is 0 Å². The first kappa shape index (κ1) is 21.4. The minimum absolute atomic E-state index is 0.249. The number of benzene rings is 1. The van der Waals surface area contributed by atoms with Crippen LogP contribution in [0.1, 0.15) is 44.3 Å². The number of rotatable bonds is 5. The summed E-state index contributed by atoms with van der Waals surface area (Å²) in [5.41, 5.74) is 17.2. The van der Waals surface area contributed by atoms with E-state index in [0.29, 0.717) is 18.0 Å². The van der Waals surface area contributed by atoms with Crippen LogP contribution >= 0.6 is 0 Å². The quantitative estimate of drug-likeness (QED) is 0.539. The molecule has 0 amide bonds. The molecule has 10 heteroatoms. The molecule has 6 N–H and O–H groups in total. The Balaban J connectivity index is 1.39. The molecule has 2 fully saturated rings. The molecule has 3 aliphatic rings. The van der Waals surface area contributed by atoms with Crippen molar-refractivity contribution < 1.29 is 8.42 Å². The van der Waals surface area contributed by atoms with Crippen molar-refractivity contribution in [3.63, 3.8) is 0 Å². The molecule has 172 valence electrons. The smallest absolute Gasteiger partial charge is 0.243 e. The third-order valence-electron chi connectivity index (χ3n) is 6.86. The van der Waals surface area contributed by atoms with E-state index in [9.17, 15) is 8.42 Å². The maximum Gasteiger partial charge on any atom is 0.243 e. The third-order valence-corrected chi connectivity index (χ3v) is 8.78. The Morgan fingerprint density at radius 1 is 1.09 bits per heavy atom. The Kier molecular flexibility index (Phi) is 5.48. The molecule has 2 aliphatic heterocycles. The molecular formula is C22H31N7O2S. The van der Waals surface area contributed by atoms with Gasteiger partial charge in [0.2, 0.25) is 10.0 Å². The number of nitrogens with zero attached hydrogens (tertiary/aromatic N) is 3. The van der Waals surface area contributed by atoms with Crippen LogP contribution in [-0.2, 0) is 10.0 Å². The summed E-state index contributed by atoms with van der Waals surface area (Å²) >= 11 is 0. The molecule has 1 unspecified atom stereocenters. The molecule has 1 aliphatic carbocycles. The number of hydrogen-bond donors (Lipinski definition) is 4. The van der Waals surface area contributed by atoms with Crippen LogP contribution in [0.4, 0.5) is 5.69 Å². The highest BCUT2D eigenvalue weighted by Crippen LogP contribution is 2.35. The normalized spacial score (nSPS) is 28.6. The molecule has 1 saturated carbocycles. The van der Waals surface area contributed by atoms with Crippen LogP contribution in [-0.4, -0.2) is 47.2 Å².